The van der Waals surface area contributed by atoms with Crippen molar-refractivity contribution in [1.29, 1.82) is 0 Å². The van der Waals surface area contributed by atoms with Gasteiger partial charge in [0.2, 0.25) is 5.89 Å². The highest BCUT2D eigenvalue weighted by Gasteiger charge is 2.29. The number of rotatable bonds is 4. The zero-order valence-electron chi connectivity index (χ0n) is 14.5. The summed E-state index contributed by atoms with van der Waals surface area (Å²) in [6.45, 7) is 5.68. The van der Waals surface area contributed by atoms with E-state index >= 15 is 0 Å². The van der Waals surface area contributed by atoms with Crippen molar-refractivity contribution in [3.63, 3.8) is 0 Å². The average Bonchev–Trinajstić information content (AvgIpc) is 3.29. The van der Waals surface area contributed by atoms with Gasteiger partial charge in [0.05, 0.1) is 16.1 Å². The number of carbonyl (C=O) groups is 1. The molecular formula is C18H22N4O2S. The lowest BCUT2D eigenvalue weighted by atomic mass is 9.97. The maximum atomic E-state index is 12.8. The van der Waals surface area contributed by atoms with Crippen molar-refractivity contribution in [3.05, 3.63) is 34.9 Å². The molecule has 25 heavy (non-hydrogen) atoms. The highest BCUT2D eigenvalue weighted by molar-refractivity contribution is 7.17. The lowest BCUT2D eigenvalue weighted by Gasteiger charge is -2.30. The van der Waals surface area contributed by atoms with Crippen molar-refractivity contribution in [3.8, 4) is 0 Å². The summed E-state index contributed by atoms with van der Waals surface area (Å²) < 4.78 is 6.59. The van der Waals surface area contributed by atoms with Gasteiger partial charge in [-0.3, -0.25) is 4.79 Å². The molecule has 0 aromatic carbocycles. The van der Waals surface area contributed by atoms with Crippen molar-refractivity contribution in [2.24, 2.45) is 5.92 Å². The van der Waals surface area contributed by atoms with Crippen LogP contribution in [0.2, 0.25) is 0 Å². The monoisotopic (exact) mass is 358 g/mol. The van der Waals surface area contributed by atoms with Crippen molar-refractivity contribution in [2.75, 3.05) is 13.1 Å². The van der Waals surface area contributed by atoms with E-state index in [-0.39, 0.29) is 11.8 Å². The van der Waals surface area contributed by atoms with Gasteiger partial charge >= 0.3 is 0 Å². The lowest BCUT2D eigenvalue weighted by molar-refractivity contribution is 0.0690. The third-order valence-corrected chi connectivity index (χ3v) is 5.47. The number of fused-ring (bicyclic) bond motifs is 1. The molecule has 0 spiro atoms. The van der Waals surface area contributed by atoms with Gasteiger partial charge in [0.15, 0.2) is 5.82 Å². The van der Waals surface area contributed by atoms with E-state index < -0.39 is 0 Å². The number of likely N-dealkylation sites (tertiary alicyclic amines) is 1. The Morgan fingerprint density at radius 1 is 1.52 bits per heavy atom. The first kappa shape index (κ1) is 16.3. The number of carbonyl (C=O) groups excluding carboxylic acids is 1. The number of hydrogen-bond acceptors (Lipinski definition) is 5. The van der Waals surface area contributed by atoms with Crippen LogP contribution in [0.4, 0.5) is 0 Å². The van der Waals surface area contributed by atoms with E-state index in [1.807, 2.05) is 22.4 Å². The van der Waals surface area contributed by atoms with Gasteiger partial charge in [-0.2, -0.15) is 4.98 Å². The van der Waals surface area contributed by atoms with E-state index in [1.54, 1.807) is 11.3 Å². The van der Waals surface area contributed by atoms with E-state index in [1.165, 1.54) is 0 Å². The third kappa shape index (κ3) is 3.33. The second kappa shape index (κ2) is 6.63. The van der Waals surface area contributed by atoms with Crippen LogP contribution in [0.5, 0.6) is 0 Å². The Labute approximate surface area is 150 Å². The highest BCUT2D eigenvalue weighted by atomic mass is 32.1. The van der Waals surface area contributed by atoms with Crippen LogP contribution in [0, 0.1) is 5.92 Å². The average molecular weight is 358 g/mol. The van der Waals surface area contributed by atoms with Crippen LogP contribution in [0.1, 0.15) is 54.8 Å². The second-order valence-corrected chi connectivity index (χ2v) is 8.07. The Balaban J connectivity index is 1.47. The van der Waals surface area contributed by atoms with Gasteiger partial charge in [0.25, 0.3) is 5.91 Å². The SMILES string of the molecule is CC(C)Cc1noc(C2CCCN(C(=O)c3cc4sccc4[nH]3)C2)n1. The van der Waals surface area contributed by atoms with E-state index in [0.29, 0.717) is 24.0 Å². The number of thiophene rings is 1. The quantitative estimate of drug-likeness (QED) is 0.769. The molecule has 1 aliphatic rings. The maximum absolute atomic E-state index is 12.8. The predicted molar refractivity (Wildman–Crippen MR) is 96.9 cm³/mol. The summed E-state index contributed by atoms with van der Waals surface area (Å²) in [6.07, 6.45) is 2.75. The molecule has 1 N–H and O–H groups in total. The first-order chi connectivity index (χ1) is 12.1. The normalized spacial score (nSPS) is 18.4. The molecule has 3 aromatic rings. The number of nitrogens with one attached hydrogen (secondary N) is 1. The van der Waals surface area contributed by atoms with Crippen LogP contribution in [0.15, 0.2) is 22.0 Å². The molecular weight excluding hydrogens is 336 g/mol. The fourth-order valence-electron chi connectivity index (χ4n) is 3.38. The number of aromatic amines is 1. The van der Waals surface area contributed by atoms with Crippen molar-refractivity contribution < 1.29 is 9.32 Å². The number of amides is 1. The van der Waals surface area contributed by atoms with Crippen LogP contribution in [-0.4, -0.2) is 39.0 Å². The number of nitrogens with zero attached hydrogens (tertiary/aromatic N) is 3. The van der Waals surface area contributed by atoms with Gasteiger partial charge in [-0.15, -0.1) is 11.3 Å². The molecule has 0 bridgehead atoms. The Morgan fingerprint density at radius 3 is 3.20 bits per heavy atom. The number of piperidine rings is 1. The van der Waals surface area contributed by atoms with Crippen LogP contribution in [-0.2, 0) is 6.42 Å². The molecule has 1 amide bonds. The molecule has 3 aromatic heterocycles. The minimum atomic E-state index is 0.0509. The van der Waals surface area contributed by atoms with Crippen LogP contribution in [0.25, 0.3) is 10.2 Å². The summed E-state index contributed by atoms with van der Waals surface area (Å²) in [4.78, 5) is 22.5. The van der Waals surface area contributed by atoms with Crippen molar-refractivity contribution >= 4 is 27.5 Å². The lowest BCUT2D eigenvalue weighted by Crippen LogP contribution is -2.39. The summed E-state index contributed by atoms with van der Waals surface area (Å²) in [5.41, 5.74) is 1.69. The van der Waals surface area contributed by atoms with E-state index in [0.717, 1.165) is 41.8 Å². The smallest absolute Gasteiger partial charge is 0.270 e. The summed E-state index contributed by atoms with van der Waals surface area (Å²) in [6, 6.07) is 3.95. The number of hydrogen-bond donors (Lipinski definition) is 1. The molecule has 1 unspecified atom stereocenters. The first-order valence-electron chi connectivity index (χ1n) is 8.78. The Morgan fingerprint density at radius 2 is 2.40 bits per heavy atom. The third-order valence-electron chi connectivity index (χ3n) is 4.60. The molecule has 0 saturated carbocycles. The molecule has 6 nitrogen and oxygen atoms in total. The van der Waals surface area contributed by atoms with Crippen LogP contribution >= 0.6 is 11.3 Å². The maximum Gasteiger partial charge on any atom is 0.270 e. The summed E-state index contributed by atoms with van der Waals surface area (Å²) in [5, 5.41) is 6.11. The molecule has 0 aliphatic carbocycles. The minimum absolute atomic E-state index is 0.0509. The molecule has 1 saturated heterocycles. The number of H-pyrrole nitrogens is 1. The molecule has 1 atom stereocenters. The van der Waals surface area contributed by atoms with E-state index in [9.17, 15) is 4.79 Å². The molecule has 1 aliphatic heterocycles. The molecule has 1 fully saturated rings. The standard InChI is InChI=1S/C18H22N4O2S/c1-11(2)8-16-20-17(24-21-16)12-4-3-6-22(10-12)18(23)14-9-15-13(19-14)5-7-25-15/h5,7,9,11-12,19H,3-4,6,8,10H2,1-2H3. The Kier molecular flexibility index (Phi) is 4.33. The Bertz CT molecular complexity index is 850. The minimum Gasteiger partial charge on any atom is -0.350 e. The van der Waals surface area contributed by atoms with Gasteiger partial charge in [0, 0.05) is 19.5 Å². The van der Waals surface area contributed by atoms with Crippen molar-refractivity contribution in [1.82, 2.24) is 20.0 Å². The van der Waals surface area contributed by atoms with Crippen LogP contribution < -0.4 is 0 Å². The molecule has 132 valence electrons. The van der Waals surface area contributed by atoms with Gasteiger partial charge in [-0.05, 0) is 36.3 Å². The molecule has 4 rings (SSSR count). The van der Waals surface area contributed by atoms with Gasteiger partial charge in [-0.25, -0.2) is 0 Å². The largest absolute Gasteiger partial charge is 0.350 e. The summed E-state index contributed by atoms with van der Waals surface area (Å²) in [7, 11) is 0. The van der Waals surface area contributed by atoms with Gasteiger partial charge in [-0.1, -0.05) is 19.0 Å². The molecule has 7 heteroatoms. The summed E-state index contributed by atoms with van der Waals surface area (Å²) in [5.74, 6) is 2.10. The van der Waals surface area contributed by atoms with Crippen LogP contribution in [0.3, 0.4) is 0 Å². The van der Waals surface area contributed by atoms with E-state index in [2.05, 4.69) is 29.0 Å². The molecule has 4 heterocycles. The number of aromatic nitrogens is 3. The van der Waals surface area contributed by atoms with Gasteiger partial charge < -0.3 is 14.4 Å². The molecule has 0 radical (unpaired) electrons. The fourth-order valence-corrected chi connectivity index (χ4v) is 4.16. The fraction of sp³-hybridized carbons (Fsp3) is 0.500. The highest BCUT2D eigenvalue weighted by Crippen LogP contribution is 2.28. The zero-order valence-corrected chi connectivity index (χ0v) is 15.3. The predicted octanol–water partition coefficient (Wildman–Crippen LogP) is 3.83. The summed E-state index contributed by atoms with van der Waals surface area (Å²) >= 11 is 1.64. The topological polar surface area (TPSA) is 75.0 Å². The first-order valence-corrected chi connectivity index (χ1v) is 9.66. The Hall–Kier alpha value is -2.15. The van der Waals surface area contributed by atoms with E-state index in [4.69, 9.17) is 4.52 Å². The van der Waals surface area contributed by atoms with Crippen molar-refractivity contribution in [2.45, 2.75) is 39.0 Å². The second-order valence-electron chi connectivity index (χ2n) is 7.12. The van der Waals surface area contributed by atoms with Gasteiger partial charge in [0.1, 0.15) is 5.69 Å². The zero-order chi connectivity index (χ0) is 17.4.